The van der Waals surface area contributed by atoms with Crippen LogP contribution in [0.15, 0.2) is 54.1 Å². The Kier molecular flexibility index (Phi) is 6.00. The lowest BCUT2D eigenvalue weighted by molar-refractivity contribution is -0.119. The van der Waals surface area contributed by atoms with E-state index in [-0.39, 0.29) is 10.5 Å². The lowest BCUT2D eigenvalue weighted by Gasteiger charge is -2.49. The van der Waals surface area contributed by atoms with Crippen molar-refractivity contribution in [3.05, 3.63) is 70.8 Å². The van der Waals surface area contributed by atoms with E-state index in [9.17, 15) is 4.79 Å². The highest BCUT2D eigenvalue weighted by molar-refractivity contribution is 6.74. The number of hydrogen-bond acceptors (Lipinski definition) is 2. The summed E-state index contributed by atoms with van der Waals surface area (Å²) < 4.78 is 6.63. The Labute approximate surface area is 195 Å². The van der Waals surface area contributed by atoms with Crippen molar-refractivity contribution in [2.75, 3.05) is 0 Å². The molecular weight excluding hydrogens is 408 g/mol. The van der Waals surface area contributed by atoms with Crippen LogP contribution in [-0.4, -0.2) is 14.1 Å². The zero-order chi connectivity index (χ0) is 23.1. The molecule has 0 aromatic heterocycles. The zero-order valence-electron chi connectivity index (χ0n) is 20.6. The van der Waals surface area contributed by atoms with Crippen LogP contribution in [-0.2, 0) is 16.6 Å². The first-order chi connectivity index (χ1) is 15.1. The highest BCUT2D eigenvalue weighted by Gasteiger charge is 2.48. The predicted molar refractivity (Wildman–Crippen MR) is 137 cm³/mol. The maximum atomic E-state index is 13.0. The smallest absolute Gasteiger partial charge is 0.250 e. The van der Waals surface area contributed by atoms with E-state index < -0.39 is 8.32 Å². The van der Waals surface area contributed by atoms with E-state index in [1.54, 1.807) is 0 Å². The molecule has 170 valence electrons. The molecule has 0 N–H and O–H groups in total. The molecule has 32 heavy (non-hydrogen) atoms. The molecule has 0 radical (unpaired) electrons. The van der Waals surface area contributed by atoms with Gasteiger partial charge in [0.05, 0.1) is 0 Å². The summed E-state index contributed by atoms with van der Waals surface area (Å²) in [5, 5.41) is 0.180. The maximum Gasteiger partial charge on any atom is 0.250 e. The summed E-state index contributed by atoms with van der Waals surface area (Å²) in [4.78, 5) is 13.0. The van der Waals surface area contributed by atoms with Crippen molar-refractivity contribution in [1.29, 1.82) is 0 Å². The Morgan fingerprint density at radius 1 is 1.12 bits per heavy atom. The number of rotatable bonds is 4. The molecule has 4 rings (SSSR count). The van der Waals surface area contributed by atoms with E-state index in [0.29, 0.717) is 18.1 Å². The number of Topliss-reactive ketones (excluding diaryl/α,β-unsaturated/α-hetero) is 1. The number of hydrogen-bond donors (Lipinski definition) is 0. The highest BCUT2D eigenvalue weighted by Crippen LogP contribution is 2.53. The fourth-order valence-corrected chi connectivity index (χ4v) is 6.44. The van der Waals surface area contributed by atoms with Crippen molar-refractivity contribution in [2.24, 2.45) is 5.92 Å². The van der Waals surface area contributed by atoms with Crippen LogP contribution in [0, 0.1) is 5.92 Å². The van der Waals surface area contributed by atoms with Crippen LogP contribution in [0.1, 0.15) is 70.1 Å². The van der Waals surface area contributed by atoms with Gasteiger partial charge in [-0.15, -0.1) is 0 Å². The van der Waals surface area contributed by atoms with E-state index in [4.69, 9.17) is 4.43 Å². The molecule has 2 atom stereocenters. The number of carbonyl (C=O) groups excluding carboxylic acids is 1. The summed E-state index contributed by atoms with van der Waals surface area (Å²) in [5.74, 6) is 1.80. The Balaban J connectivity index is 1.70. The second-order valence-corrected chi connectivity index (χ2v) is 16.0. The van der Waals surface area contributed by atoms with Crippen LogP contribution in [0.25, 0.3) is 6.08 Å². The molecule has 1 saturated carbocycles. The van der Waals surface area contributed by atoms with Crippen molar-refractivity contribution in [3.63, 3.8) is 0 Å². The Bertz CT molecular complexity index is 1030. The first-order valence-electron chi connectivity index (χ1n) is 12.2. The minimum Gasteiger partial charge on any atom is -0.543 e. The predicted octanol–water partition coefficient (Wildman–Crippen LogP) is 7.73. The maximum absolute atomic E-state index is 13.0. The second kappa shape index (κ2) is 8.33. The van der Waals surface area contributed by atoms with Gasteiger partial charge in [0, 0.05) is 11.8 Å². The van der Waals surface area contributed by atoms with Gasteiger partial charge in [-0.2, -0.15) is 0 Å². The number of fused-ring (bicyclic) bond motifs is 3. The zero-order valence-corrected chi connectivity index (χ0v) is 21.6. The molecule has 2 nitrogen and oxygen atoms in total. The lowest BCUT2D eigenvalue weighted by atomic mass is 9.55. The molecule has 2 aromatic rings. The van der Waals surface area contributed by atoms with Gasteiger partial charge in [0.1, 0.15) is 5.75 Å². The number of aryl methyl sites for hydroxylation is 1. The summed E-state index contributed by atoms with van der Waals surface area (Å²) in [6, 6.07) is 17.1. The summed E-state index contributed by atoms with van der Waals surface area (Å²) in [5.41, 5.74) is 5.04. The number of ketones is 1. The van der Waals surface area contributed by atoms with E-state index in [1.807, 2.05) is 18.2 Å². The average molecular weight is 447 g/mol. The largest absolute Gasteiger partial charge is 0.543 e. The summed E-state index contributed by atoms with van der Waals surface area (Å²) in [6.07, 6.45) is 6.84. The van der Waals surface area contributed by atoms with Crippen LogP contribution in [0.2, 0.25) is 18.1 Å². The van der Waals surface area contributed by atoms with Crippen LogP contribution < -0.4 is 4.43 Å². The molecule has 0 spiro atoms. The third-order valence-corrected chi connectivity index (χ3v) is 12.8. The van der Waals surface area contributed by atoms with Gasteiger partial charge < -0.3 is 4.43 Å². The topological polar surface area (TPSA) is 26.3 Å². The van der Waals surface area contributed by atoms with Crippen LogP contribution >= 0.6 is 0 Å². The SMILES string of the molecule is CC[C@@]12CC(=Cc3ccccc3)C(=O)C[C@H]1CCc1cc(O[Si](C)(C)C(C)(C)C)ccc12. The molecule has 0 unspecified atom stereocenters. The standard InChI is InChI=1S/C29H38O2Si/c1-7-29-20-23(17-21-11-9-8-10-12-21)27(30)19-24(29)14-13-22-18-25(15-16-26(22)29)31-32(5,6)28(2,3)4/h8-12,15-18,24H,7,13-14,19-20H2,1-6H3/t24-,29-/m1/s1. The highest BCUT2D eigenvalue weighted by atomic mass is 28.4. The van der Waals surface area contributed by atoms with Gasteiger partial charge in [0.2, 0.25) is 8.32 Å². The molecule has 0 saturated heterocycles. The summed E-state index contributed by atoms with van der Waals surface area (Å²) in [7, 11) is -1.87. The van der Waals surface area contributed by atoms with Crippen molar-refractivity contribution >= 4 is 20.2 Å². The Morgan fingerprint density at radius 2 is 1.84 bits per heavy atom. The summed E-state index contributed by atoms with van der Waals surface area (Å²) in [6.45, 7) is 13.8. The average Bonchev–Trinajstić information content (AvgIpc) is 2.74. The fourth-order valence-electron chi connectivity index (χ4n) is 5.42. The van der Waals surface area contributed by atoms with E-state index in [1.165, 1.54) is 11.1 Å². The second-order valence-electron chi connectivity index (χ2n) is 11.3. The number of benzene rings is 2. The van der Waals surface area contributed by atoms with Gasteiger partial charge >= 0.3 is 0 Å². The van der Waals surface area contributed by atoms with Gasteiger partial charge in [-0.3, -0.25) is 4.79 Å². The van der Waals surface area contributed by atoms with E-state index >= 15 is 0 Å². The first-order valence-corrected chi connectivity index (χ1v) is 15.1. The third-order valence-electron chi connectivity index (χ3n) is 8.40. The van der Waals surface area contributed by atoms with Crippen molar-refractivity contribution < 1.29 is 9.22 Å². The van der Waals surface area contributed by atoms with Gasteiger partial charge in [-0.25, -0.2) is 0 Å². The molecule has 0 amide bonds. The molecule has 0 bridgehead atoms. The third kappa shape index (κ3) is 4.12. The normalized spacial score (nSPS) is 24.8. The molecule has 2 aromatic carbocycles. The summed E-state index contributed by atoms with van der Waals surface area (Å²) >= 11 is 0. The van der Waals surface area contributed by atoms with E-state index in [0.717, 1.165) is 42.6 Å². The molecule has 2 aliphatic carbocycles. The number of allylic oxidation sites excluding steroid dienone is 1. The quantitative estimate of drug-likeness (QED) is 0.355. The minimum atomic E-state index is -1.87. The van der Waals surface area contributed by atoms with Crippen molar-refractivity contribution in [3.8, 4) is 5.75 Å². The van der Waals surface area contributed by atoms with Gasteiger partial charge in [-0.05, 0) is 90.2 Å². The monoisotopic (exact) mass is 446 g/mol. The van der Waals surface area contributed by atoms with Gasteiger partial charge in [0.15, 0.2) is 5.78 Å². The molecular formula is C29H38O2Si. The minimum absolute atomic E-state index is 0.0532. The first kappa shape index (κ1) is 23.0. The van der Waals surface area contributed by atoms with Crippen molar-refractivity contribution in [2.45, 2.75) is 83.3 Å². The number of carbonyl (C=O) groups is 1. The van der Waals surface area contributed by atoms with Crippen LogP contribution in [0.3, 0.4) is 0 Å². The van der Waals surface area contributed by atoms with Gasteiger partial charge in [-0.1, -0.05) is 64.1 Å². The van der Waals surface area contributed by atoms with E-state index in [2.05, 4.69) is 77.2 Å². The lowest BCUT2D eigenvalue weighted by Crippen LogP contribution is -2.45. The van der Waals surface area contributed by atoms with Crippen molar-refractivity contribution in [1.82, 2.24) is 0 Å². The fraction of sp³-hybridized carbons (Fsp3) is 0.483. The molecule has 1 fully saturated rings. The Morgan fingerprint density at radius 3 is 2.50 bits per heavy atom. The molecule has 2 aliphatic rings. The van der Waals surface area contributed by atoms with Gasteiger partial charge in [0.25, 0.3) is 0 Å². The van der Waals surface area contributed by atoms with Crippen LogP contribution in [0.4, 0.5) is 0 Å². The Hall–Kier alpha value is -2.13. The molecule has 0 heterocycles. The molecule has 3 heteroatoms. The molecule has 0 aliphatic heterocycles. The van der Waals surface area contributed by atoms with Crippen LogP contribution in [0.5, 0.6) is 5.75 Å².